The lowest BCUT2D eigenvalue weighted by Gasteiger charge is -2.24. The van der Waals surface area contributed by atoms with Gasteiger partial charge in [-0.2, -0.15) is 0 Å². The van der Waals surface area contributed by atoms with Crippen molar-refractivity contribution in [1.82, 2.24) is 0 Å². The fraction of sp³-hybridized carbons (Fsp3) is 0.500. The van der Waals surface area contributed by atoms with Crippen molar-refractivity contribution in [3.8, 4) is 0 Å². The van der Waals surface area contributed by atoms with E-state index in [0.29, 0.717) is 0 Å². The van der Waals surface area contributed by atoms with Crippen LogP contribution in [0.5, 0.6) is 0 Å². The van der Waals surface area contributed by atoms with Gasteiger partial charge in [0, 0.05) is 20.1 Å². The lowest BCUT2D eigenvalue weighted by molar-refractivity contribution is -0.120. The van der Waals surface area contributed by atoms with E-state index in [0.717, 1.165) is 19.3 Å². The van der Waals surface area contributed by atoms with E-state index < -0.39 is 7.60 Å². The summed E-state index contributed by atoms with van der Waals surface area (Å²) in [5, 5.41) is 0. The molecule has 1 aromatic carbocycles. The highest BCUT2D eigenvalue weighted by Gasteiger charge is 2.31. The summed E-state index contributed by atoms with van der Waals surface area (Å²) in [5.74, 6) is -0.102. The average Bonchev–Trinajstić information content (AvgIpc) is 2.46. The molecule has 1 aromatic rings. The molecular formula is C14H19O4P. The molecular weight excluding hydrogens is 263 g/mol. The number of carbonyl (C=O) groups excluding carboxylic acids is 1. The second-order valence-electron chi connectivity index (χ2n) is 4.81. The topological polar surface area (TPSA) is 52.6 Å². The number of aryl methyl sites for hydroxylation is 1. The van der Waals surface area contributed by atoms with E-state index >= 15 is 0 Å². The first-order valence-corrected chi connectivity index (χ1v) is 8.11. The number of Topliss-reactive ketones (excluding diaryl/α,β-unsaturated/α-hetero) is 1. The fourth-order valence-corrected chi connectivity index (χ4v) is 3.54. The molecule has 19 heavy (non-hydrogen) atoms. The van der Waals surface area contributed by atoms with Gasteiger partial charge in [0.15, 0.2) is 0 Å². The van der Waals surface area contributed by atoms with Crippen molar-refractivity contribution in [2.75, 3.05) is 20.4 Å². The van der Waals surface area contributed by atoms with E-state index in [2.05, 4.69) is 12.1 Å². The highest BCUT2D eigenvalue weighted by Crippen LogP contribution is 2.47. The lowest BCUT2D eigenvalue weighted by Crippen LogP contribution is -2.25. The van der Waals surface area contributed by atoms with Crippen molar-refractivity contribution >= 4 is 13.4 Å². The fourth-order valence-electron chi connectivity index (χ4n) is 2.50. The Kier molecular flexibility index (Phi) is 4.56. The van der Waals surface area contributed by atoms with Gasteiger partial charge < -0.3 is 9.05 Å². The molecule has 0 bridgehead atoms. The number of ketones is 1. The van der Waals surface area contributed by atoms with Crippen molar-refractivity contribution in [3.05, 3.63) is 35.4 Å². The van der Waals surface area contributed by atoms with Gasteiger partial charge >= 0.3 is 7.60 Å². The van der Waals surface area contributed by atoms with E-state index in [-0.39, 0.29) is 17.9 Å². The molecule has 2 rings (SSSR count). The normalized spacial score (nSPS) is 18.9. The van der Waals surface area contributed by atoms with E-state index in [1.165, 1.54) is 25.3 Å². The van der Waals surface area contributed by atoms with Crippen LogP contribution in [-0.4, -0.2) is 26.2 Å². The predicted octanol–water partition coefficient (Wildman–Crippen LogP) is 2.85. The van der Waals surface area contributed by atoms with Crippen LogP contribution in [0.4, 0.5) is 0 Å². The zero-order valence-corrected chi connectivity index (χ0v) is 12.2. The van der Waals surface area contributed by atoms with Gasteiger partial charge in [-0.1, -0.05) is 24.3 Å². The molecule has 1 aliphatic rings. The third kappa shape index (κ3) is 3.33. The predicted molar refractivity (Wildman–Crippen MR) is 73.5 cm³/mol. The Morgan fingerprint density at radius 3 is 2.53 bits per heavy atom. The quantitative estimate of drug-likeness (QED) is 0.779. The zero-order valence-electron chi connectivity index (χ0n) is 11.3. The zero-order chi connectivity index (χ0) is 13.9. The molecule has 1 aliphatic carbocycles. The van der Waals surface area contributed by atoms with Crippen molar-refractivity contribution in [2.24, 2.45) is 5.92 Å². The number of hydrogen-bond acceptors (Lipinski definition) is 4. The number of fused-ring (bicyclic) bond motifs is 1. The van der Waals surface area contributed by atoms with Gasteiger partial charge in [-0.3, -0.25) is 9.36 Å². The summed E-state index contributed by atoms with van der Waals surface area (Å²) in [7, 11) is -0.611. The Balaban J connectivity index is 2.05. The van der Waals surface area contributed by atoms with E-state index in [1.54, 1.807) is 0 Å². The number of hydrogen-bond donors (Lipinski definition) is 0. The van der Waals surface area contributed by atoms with Gasteiger partial charge in [0.25, 0.3) is 0 Å². The third-order valence-electron chi connectivity index (χ3n) is 3.71. The lowest BCUT2D eigenvalue weighted by atomic mass is 9.82. The van der Waals surface area contributed by atoms with Crippen LogP contribution >= 0.6 is 7.60 Å². The monoisotopic (exact) mass is 282 g/mol. The minimum Gasteiger partial charge on any atom is -0.312 e. The third-order valence-corrected chi connectivity index (χ3v) is 5.52. The van der Waals surface area contributed by atoms with E-state index in [4.69, 9.17) is 9.05 Å². The minimum absolute atomic E-state index is 0.0264. The summed E-state index contributed by atoms with van der Waals surface area (Å²) < 4.78 is 21.6. The van der Waals surface area contributed by atoms with Crippen LogP contribution in [0.2, 0.25) is 0 Å². The second-order valence-corrected chi connectivity index (χ2v) is 7.08. The molecule has 0 N–H and O–H groups in total. The second kappa shape index (κ2) is 6.00. The first-order chi connectivity index (χ1) is 9.08. The van der Waals surface area contributed by atoms with Gasteiger partial charge in [-0.25, -0.2) is 0 Å². The summed E-state index contributed by atoms with van der Waals surface area (Å²) in [6, 6.07) is 8.16. The van der Waals surface area contributed by atoms with Crippen LogP contribution in [0.25, 0.3) is 0 Å². The van der Waals surface area contributed by atoms with Crippen molar-refractivity contribution < 1.29 is 18.4 Å². The first kappa shape index (κ1) is 14.4. The minimum atomic E-state index is -3.24. The van der Waals surface area contributed by atoms with Crippen molar-refractivity contribution in [2.45, 2.75) is 19.3 Å². The molecule has 0 saturated heterocycles. The van der Waals surface area contributed by atoms with Crippen molar-refractivity contribution in [1.29, 1.82) is 0 Å². The van der Waals surface area contributed by atoms with Crippen LogP contribution in [-0.2, 0) is 31.2 Å². The Bertz CT molecular complexity index is 504. The van der Waals surface area contributed by atoms with Crippen LogP contribution in [0.15, 0.2) is 24.3 Å². The number of carbonyl (C=O) groups is 1. The highest BCUT2D eigenvalue weighted by atomic mass is 31.2. The Hall–Kier alpha value is -0.960. The molecule has 0 heterocycles. The molecule has 5 heteroatoms. The molecule has 104 valence electrons. The summed E-state index contributed by atoms with van der Waals surface area (Å²) in [5.41, 5.74) is 2.53. The SMILES string of the molecule is COP(=O)(CC(=O)[C@@H]1CCc2ccccc2C1)OC. The van der Waals surface area contributed by atoms with Gasteiger partial charge in [0.1, 0.15) is 11.9 Å². The van der Waals surface area contributed by atoms with Gasteiger partial charge in [0.05, 0.1) is 0 Å². The van der Waals surface area contributed by atoms with Gasteiger partial charge in [0.2, 0.25) is 0 Å². The van der Waals surface area contributed by atoms with Crippen LogP contribution in [0.1, 0.15) is 17.5 Å². The van der Waals surface area contributed by atoms with E-state index in [1.807, 2.05) is 12.1 Å². The molecule has 0 aliphatic heterocycles. The maximum atomic E-state index is 12.2. The van der Waals surface area contributed by atoms with Gasteiger partial charge in [-0.15, -0.1) is 0 Å². The summed E-state index contributed by atoms with van der Waals surface area (Å²) in [6.07, 6.45) is 2.30. The van der Waals surface area contributed by atoms with Gasteiger partial charge in [-0.05, 0) is 30.4 Å². The smallest absolute Gasteiger partial charge is 0.312 e. The summed E-state index contributed by atoms with van der Waals surface area (Å²) >= 11 is 0. The molecule has 0 spiro atoms. The van der Waals surface area contributed by atoms with Crippen LogP contribution in [0.3, 0.4) is 0 Å². The summed E-state index contributed by atoms with van der Waals surface area (Å²) in [4.78, 5) is 12.2. The molecule has 0 fully saturated rings. The molecule has 0 unspecified atom stereocenters. The van der Waals surface area contributed by atoms with E-state index in [9.17, 15) is 9.36 Å². The molecule has 0 aromatic heterocycles. The highest BCUT2D eigenvalue weighted by molar-refractivity contribution is 7.54. The largest absolute Gasteiger partial charge is 0.337 e. The molecule has 0 saturated carbocycles. The number of rotatable bonds is 5. The van der Waals surface area contributed by atoms with Crippen LogP contribution < -0.4 is 0 Å². The Morgan fingerprint density at radius 1 is 1.26 bits per heavy atom. The molecule has 0 amide bonds. The number of benzene rings is 1. The standard InChI is InChI=1S/C14H19O4P/c1-17-19(16,18-2)10-14(15)13-8-7-11-5-3-4-6-12(11)9-13/h3-6,13H,7-10H2,1-2H3/t13-/m1/s1. The first-order valence-electron chi connectivity index (χ1n) is 6.38. The maximum Gasteiger partial charge on any atom is 0.337 e. The molecule has 4 nitrogen and oxygen atoms in total. The summed E-state index contributed by atoms with van der Waals surface area (Å²) in [6.45, 7) is 0. The molecule has 1 atom stereocenters. The Morgan fingerprint density at radius 2 is 1.89 bits per heavy atom. The van der Waals surface area contributed by atoms with Crippen LogP contribution in [0, 0.1) is 5.92 Å². The average molecular weight is 282 g/mol. The van der Waals surface area contributed by atoms with Crippen molar-refractivity contribution in [3.63, 3.8) is 0 Å². The Labute approximate surface area is 113 Å². The maximum absolute atomic E-state index is 12.2. The molecule has 0 radical (unpaired) electrons.